The van der Waals surface area contributed by atoms with Crippen LogP contribution in [0.2, 0.25) is 0 Å². The van der Waals surface area contributed by atoms with Crippen molar-refractivity contribution in [3.8, 4) is 0 Å². The lowest BCUT2D eigenvalue weighted by atomic mass is 10.00. The van der Waals surface area contributed by atoms with Crippen molar-refractivity contribution in [2.45, 2.75) is 25.8 Å². The Labute approximate surface area is 166 Å². The van der Waals surface area contributed by atoms with Crippen LogP contribution in [0.5, 0.6) is 0 Å². The Morgan fingerprint density at radius 2 is 1.74 bits per heavy atom. The highest BCUT2D eigenvalue weighted by molar-refractivity contribution is 5.97. The van der Waals surface area contributed by atoms with E-state index in [1.54, 1.807) is 0 Å². The first-order valence-electron chi connectivity index (χ1n) is 9.35. The van der Waals surface area contributed by atoms with Gasteiger partial charge in [-0.3, -0.25) is 4.79 Å². The fourth-order valence-electron chi connectivity index (χ4n) is 3.68. The lowest BCUT2D eigenvalue weighted by Gasteiger charge is -2.12. The van der Waals surface area contributed by atoms with Crippen LogP contribution >= 0.6 is 12.4 Å². The minimum atomic E-state index is 0. The van der Waals surface area contributed by atoms with E-state index in [1.165, 1.54) is 16.3 Å². The summed E-state index contributed by atoms with van der Waals surface area (Å²) >= 11 is 0. The van der Waals surface area contributed by atoms with Crippen LogP contribution in [0.25, 0.3) is 10.8 Å². The summed E-state index contributed by atoms with van der Waals surface area (Å²) in [5.74, 6) is 0.516. The van der Waals surface area contributed by atoms with Crippen LogP contribution in [0.3, 0.4) is 0 Å². The van der Waals surface area contributed by atoms with Crippen LogP contribution in [0.4, 0.5) is 5.69 Å². The second-order valence-corrected chi connectivity index (χ2v) is 6.94. The number of carbonyl (C=O) groups is 1. The molecule has 140 valence electrons. The second-order valence-electron chi connectivity index (χ2n) is 6.94. The van der Waals surface area contributed by atoms with Gasteiger partial charge < -0.3 is 10.6 Å². The van der Waals surface area contributed by atoms with Crippen molar-refractivity contribution in [2.75, 3.05) is 11.9 Å². The maximum Gasteiger partial charge on any atom is 0.228 e. The summed E-state index contributed by atoms with van der Waals surface area (Å²) in [4.78, 5) is 12.8. The third-order valence-electron chi connectivity index (χ3n) is 5.19. The second kappa shape index (κ2) is 8.55. The average Bonchev–Trinajstić information content (AvgIpc) is 3.48. The maximum atomic E-state index is 12.8. The van der Waals surface area contributed by atoms with Gasteiger partial charge in [-0.2, -0.15) is 0 Å². The van der Waals surface area contributed by atoms with Crippen LogP contribution in [0.15, 0.2) is 66.7 Å². The van der Waals surface area contributed by atoms with E-state index in [4.69, 9.17) is 0 Å². The highest BCUT2D eigenvalue weighted by Crippen LogP contribution is 2.50. The van der Waals surface area contributed by atoms with Crippen LogP contribution in [-0.2, 0) is 11.3 Å². The van der Waals surface area contributed by atoms with Crippen molar-refractivity contribution in [1.82, 2.24) is 5.32 Å². The Hall–Kier alpha value is -2.36. The molecule has 2 N–H and O–H groups in total. The number of para-hydroxylation sites is 1. The molecular formula is C23H25ClN2O. The van der Waals surface area contributed by atoms with Gasteiger partial charge in [-0.05, 0) is 46.8 Å². The summed E-state index contributed by atoms with van der Waals surface area (Å²) in [5.41, 5.74) is 3.34. The van der Waals surface area contributed by atoms with E-state index in [2.05, 4.69) is 66.1 Å². The van der Waals surface area contributed by atoms with E-state index in [9.17, 15) is 4.79 Å². The van der Waals surface area contributed by atoms with E-state index in [0.717, 1.165) is 30.8 Å². The number of hydrogen-bond acceptors (Lipinski definition) is 2. The number of carbonyl (C=O) groups excluding carboxylic acids is 1. The molecule has 2 atom stereocenters. The molecule has 1 amide bonds. The number of hydrogen-bond donors (Lipinski definition) is 2. The monoisotopic (exact) mass is 380 g/mol. The normalized spacial score (nSPS) is 18.0. The van der Waals surface area contributed by atoms with Crippen LogP contribution in [0, 0.1) is 5.92 Å². The molecule has 3 aromatic rings. The Morgan fingerprint density at radius 3 is 2.59 bits per heavy atom. The highest BCUT2D eigenvalue weighted by Gasteiger charge is 2.44. The molecule has 3 nitrogen and oxygen atoms in total. The first kappa shape index (κ1) is 19.4. The van der Waals surface area contributed by atoms with Crippen molar-refractivity contribution >= 4 is 34.8 Å². The Morgan fingerprint density at radius 1 is 1.00 bits per heavy atom. The Bertz CT molecular complexity index is 935. The maximum absolute atomic E-state index is 12.8. The molecule has 0 aliphatic heterocycles. The predicted octanol–water partition coefficient (Wildman–Crippen LogP) is 5.11. The molecule has 0 spiro atoms. The number of halogens is 1. The molecule has 0 aromatic heterocycles. The van der Waals surface area contributed by atoms with Gasteiger partial charge in [-0.1, -0.05) is 67.6 Å². The molecule has 4 rings (SSSR count). The van der Waals surface area contributed by atoms with Gasteiger partial charge in [-0.25, -0.2) is 0 Å². The van der Waals surface area contributed by atoms with Crippen LogP contribution < -0.4 is 10.6 Å². The van der Waals surface area contributed by atoms with Gasteiger partial charge in [0.1, 0.15) is 0 Å². The van der Waals surface area contributed by atoms with Crippen LogP contribution in [0.1, 0.15) is 30.4 Å². The molecule has 0 saturated heterocycles. The minimum Gasteiger partial charge on any atom is -0.326 e. The summed E-state index contributed by atoms with van der Waals surface area (Å²) in [6, 6.07) is 22.8. The summed E-state index contributed by atoms with van der Waals surface area (Å²) in [6.07, 6.45) is 0.926. The highest BCUT2D eigenvalue weighted by atomic mass is 35.5. The molecule has 1 aliphatic rings. The number of nitrogens with one attached hydrogen (secondary N) is 2. The first-order chi connectivity index (χ1) is 12.8. The van der Waals surface area contributed by atoms with Gasteiger partial charge in [0.2, 0.25) is 5.91 Å². The van der Waals surface area contributed by atoms with Crippen molar-refractivity contribution in [3.63, 3.8) is 0 Å². The fourth-order valence-corrected chi connectivity index (χ4v) is 3.68. The van der Waals surface area contributed by atoms with Gasteiger partial charge in [0.25, 0.3) is 0 Å². The number of fused-ring (bicyclic) bond motifs is 1. The predicted molar refractivity (Wildman–Crippen MR) is 114 cm³/mol. The molecule has 2 unspecified atom stereocenters. The van der Waals surface area contributed by atoms with Crippen molar-refractivity contribution in [2.24, 2.45) is 5.92 Å². The molecular weight excluding hydrogens is 356 g/mol. The summed E-state index contributed by atoms with van der Waals surface area (Å²) < 4.78 is 0. The van der Waals surface area contributed by atoms with E-state index < -0.39 is 0 Å². The number of rotatable bonds is 6. The quantitative estimate of drug-likeness (QED) is 0.623. The zero-order chi connectivity index (χ0) is 17.9. The largest absolute Gasteiger partial charge is 0.326 e. The molecule has 0 bridgehead atoms. The lowest BCUT2D eigenvalue weighted by Crippen LogP contribution is -2.18. The zero-order valence-electron chi connectivity index (χ0n) is 15.4. The SMILES string of the molecule is CCNCc1ccccc1NC(=O)C1CC1c1cccc2ccccc12.Cl. The van der Waals surface area contributed by atoms with Gasteiger partial charge >= 0.3 is 0 Å². The topological polar surface area (TPSA) is 41.1 Å². The minimum absolute atomic E-state index is 0. The van der Waals surface area contributed by atoms with Crippen molar-refractivity contribution in [3.05, 3.63) is 77.9 Å². The Balaban J connectivity index is 0.00000210. The van der Waals surface area contributed by atoms with E-state index in [0.29, 0.717) is 5.92 Å². The van der Waals surface area contributed by atoms with Crippen LogP contribution in [-0.4, -0.2) is 12.5 Å². The van der Waals surface area contributed by atoms with E-state index in [1.807, 2.05) is 18.2 Å². The van der Waals surface area contributed by atoms with Gasteiger partial charge in [0.05, 0.1) is 0 Å². The average molecular weight is 381 g/mol. The molecule has 1 aliphatic carbocycles. The smallest absolute Gasteiger partial charge is 0.228 e. The van der Waals surface area contributed by atoms with E-state index >= 15 is 0 Å². The number of amides is 1. The number of anilines is 1. The van der Waals surface area contributed by atoms with Gasteiger partial charge in [0.15, 0.2) is 0 Å². The molecule has 0 radical (unpaired) electrons. The molecule has 0 heterocycles. The van der Waals surface area contributed by atoms with Crippen molar-refractivity contribution in [1.29, 1.82) is 0 Å². The zero-order valence-corrected chi connectivity index (χ0v) is 16.3. The summed E-state index contributed by atoms with van der Waals surface area (Å²) in [7, 11) is 0. The molecule has 3 aromatic carbocycles. The molecule has 4 heteroatoms. The Kier molecular flexibility index (Phi) is 6.15. The third kappa shape index (κ3) is 4.15. The van der Waals surface area contributed by atoms with Gasteiger partial charge in [-0.15, -0.1) is 12.4 Å². The standard InChI is InChI=1S/C23H24N2O.ClH/c1-2-24-15-17-9-4-6-13-22(17)25-23(26)21-14-20(21)19-12-7-10-16-8-3-5-11-18(16)19;/h3-13,20-21,24H,2,14-15H2,1H3,(H,25,26);1H. The summed E-state index contributed by atoms with van der Waals surface area (Å²) in [5, 5.41) is 8.99. The molecule has 27 heavy (non-hydrogen) atoms. The van der Waals surface area contributed by atoms with Gasteiger partial charge in [0, 0.05) is 18.2 Å². The number of benzene rings is 3. The fraction of sp³-hybridized carbons (Fsp3) is 0.261. The lowest BCUT2D eigenvalue weighted by molar-refractivity contribution is -0.117. The van der Waals surface area contributed by atoms with E-state index in [-0.39, 0.29) is 24.2 Å². The molecule has 1 saturated carbocycles. The molecule has 1 fully saturated rings. The summed E-state index contributed by atoms with van der Waals surface area (Å²) in [6.45, 7) is 3.76. The first-order valence-corrected chi connectivity index (χ1v) is 9.35. The third-order valence-corrected chi connectivity index (χ3v) is 5.19. The van der Waals surface area contributed by atoms with Crippen molar-refractivity contribution < 1.29 is 4.79 Å².